The minimum absolute atomic E-state index is 0.0274. The van der Waals surface area contributed by atoms with Crippen LogP contribution in [0.1, 0.15) is 47.4 Å². The second-order valence-electron chi connectivity index (χ2n) is 8.19. The fourth-order valence-electron chi connectivity index (χ4n) is 4.12. The van der Waals surface area contributed by atoms with Crippen LogP contribution in [0.5, 0.6) is 5.75 Å². The van der Waals surface area contributed by atoms with E-state index >= 15 is 0 Å². The molecule has 0 radical (unpaired) electrons. The van der Waals surface area contributed by atoms with Gasteiger partial charge in [-0.3, -0.25) is 4.79 Å². The maximum Gasteiger partial charge on any atom is 0.254 e. The van der Waals surface area contributed by atoms with Crippen LogP contribution in [0.4, 0.5) is 0 Å². The van der Waals surface area contributed by atoms with Crippen molar-refractivity contribution in [3.8, 4) is 5.75 Å². The molecule has 0 aliphatic heterocycles. The summed E-state index contributed by atoms with van der Waals surface area (Å²) in [4.78, 5) is 15.1. The van der Waals surface area contributed by atoms with Gasteiger partial charge in [0.05, 0.1) is 19.9 Å². The molecule has 33 heavy (non-hydrogen) atoms. The van der Waals surface area contributed by atoms with Crippen LogP contribution in [0.3, 0.4) is 0 Å². The summed E-state index contributed by atoms with van der Waals surface area (Å²) < 4.78 is 39.8. The number of carbonyl (C=O) groups excluding carboxylic acids is 1. The summed E-state index contributed by atoms with van der Waals surface area (Å²) in [6.45, 7) is 0.615. The van der Waals surface area contributed by atoms with Crippen molar-refractivity contribution < 1.29 is 22.4 Å². The standard InChI is InChI=1S/C25H28N2O5S/c1-31-23-14-13-20(16-24(23)33(29,30)26-21-10-5-6-11-21)25(28)27(18-22-12-7-15-32-22)17-19-8-3-2-4-9-19/h2-4,7-9,12-16,21,26H,5-6,10-11,17-18H2,1H3. The molecule has 4 rings (SSSR count). The van der Waals surface area contributed by atoms with Gasteiger partial charge in [-0.1, -0.05) is 43.2 Å². The van der Waals surface area contributed by atoms with E-state index < -0.39 is 10.0 Å². The number of rotatable bonds is 9. The minimum Gasteiger partial charge on any atom is -0.495 e. The highest BCUT2D eigenvalue weighted by Crippen LogP contribution is 2.28. The van der Waals surface area contributed by atoms with E-state index in [1.165, 1.54) is 19.2 Å². The van der Waals surface area contributed by atoms with E-state index in [1.54, 1.807) is 29.4 Å². The summed E-state index contributed by atoms with van der Waals surface area (Å²) in [6.07, 6.45) is 5.20. The first-order chi connectivity index (χ1) is 16.0. The van der Waals surface area contributed by atoms with Crippen molar-refractivity contribution in [1.82, 2.24) is 9.62 Å². The van der Waals surface area contributed by atoms with Gasteiger partial charge in [0.25, 0.3) is 5.91 Å². The molecule has 0 bridgehead atoms. The van der Waals surface area contributed by atoms with Crippen LogP contribution in [0, 0.1) is 0 Å². The van der Waals surface area contributed by atoms with Gasteiger partial charge in [-0.05, 0) is 48.7 Å². The van der Waals surface area contributed by atoms with Crippen LogP contribution in [0.15, 0.2) is 76.2 Å². The van der Waals surface area contributed by atoms with Crippen molar-refractivity contribution >= 4 is 15.9 Å². The van der Waals surface area contributed by atoms with Crippen molar-refractivity contribution in [2.75, 3.05) is 7.11 Å². The molecule has 0 spiro atoms. The van der Waals surface area contributed by atoms with E-state index in [4.69, 9.17) is 9.15 Å². The van der Waals surface area contributed by atoms with E-state index in [2.05, 4.69) is 4.72 Å². The Morgan fingerprint density at radius 3 is 2.48 bits per heavy atom. The lowest BCUT2D eigenvalue weighted by Crippen LogP contribution is -2.33. The summed E-state index contributed by atoms with van der Waals surface area (Å²) >= 11 is 0. The van der Waals surface area contributed by atoms with Crippen LogP contribution in [0.2, 0.25) is 0 Å². The van der Waals surface area contributed by atoms with Gasteiger partial charge in [-0.15, -0.1) is 0 Å². The van der Waals surface area contributed by atoms with Crippen LogP contribution in [0.25, 0.3) is 0 Å². The van der Waals surface area contributed by atoms with Crippen LogP contribution < -0.4 is 9.46 Å². The Bertz CT molecular complexity index is 1170. The molecule has 1 heterocycles. The third kappa shape index (κ3) is 5.64. The molecule has 3 aromatic rings. The third-order valence-electron chi connectivity index (χ3n) is 5.81. The van der Waals surface area contributed by atoms with Gasteiger partial charge in [0.15, 0.2) is 0 Å². The highest BCUT2D eigenvalue weighted by molar-refractivity contribution is 7.89. The Labute approximate surface area is 194 Å². The predicted octanol–water partition coefficient (Wildman–Crippen LogP) is 4.35. The quantitative estimate of drug-likeness (QED) is 0.504. The number of sulfonamides is 1. The largest absolute Gasteiger partial charge is 0.495 e. The number of ether oxygens (including phenoxy) is 1. The van der Waals surface area contributed by atoms with Gasteiger partial charge in [-0.2, -0.15) is 0 Å². The first-order valence-electron chi connectivity index (χ1n) is 11.0. The van der Waals surface area contributed by atoms with Crippen molar-refractivity contribution in [3.05, 3.63) is 83.8 Å². The molecule has 7 nitrogen and oxygen atoms in total. The molecule has 1 aromatic heterocycles. The topological polar surface area (TPSA) is 88.8 Å². The van der Waals surface area contributed by atoms with Crippen molar-refractivity contribution in [1.29, 1.82) is 0 Å². The van der Waals surface area contributed by atoms with Crippen LogP contribution in [-0.4, -0.2) is 32.4 Å². The van der Waals surface area contributed by atoms with Gasteiger partial charge in [0.1, 0.15) is 16.4 Å². The number of methoxy groups -OCH3 is 1. The molecule has 1 aliphatic carbocycles. The average Bonchev–Trinajstić information content (AvgIpc) is 3.52. The molecule has 0 unspecified atom stereocenters. The maximum absolute atomic E-state index is 13.5. The van der Waals surface area contributed by atoms with Crippen molar-refractivity contribution in [2.45, 2.75) is 49.7 Å². The molecule has 1 fully saturated rings. The van der Waals surface area contributed by atoms with Gasteiger partial charge >= 0.3 is 0 Å². The summed E-state index contributed by atoms with van der Waals surface area (Å²) in [5.74, 6) is 0.552. The van der Waals surface area contributed by atoms with E-state index in [0.717, 1.165) is 31.2 Å². The molecule has 2 aromatic carbocycles. The lowest BCUT2D eigenvalue weighted by atomic mass is 10.1. The molecule has 1 N–H and O–H groups in total. The summed E-state index contributed by atoms with van der Waals surface area (Å²) in [5, 5.41) is 0. The second-order valence-corrected chi connectivity index (χ2v) is 9.88. The lowest BCUT2D eigenvalue weighted by molar-refractivity contribution is 0.0717. The Balaban J connectivity index is 1.64. The fraction of sp³-hybridized carbons (Fsp3) is 0.320. The van der Waals surface area contributed by atoms with Gasteiger partial charge in [0, 0.05) is 18.2 Å². The zero-order valence-electron chi connectivity index (χ0n) is 18.6. The first-order valence-corrected chi connectivity index (χ1v) is 12.5. The number of hydrogen-bond acceptors (Lipinski definition) is 5. The highest BCUT2D eigenvalue weighted by atomic mass is 32.2. The summed E-state index contributed by atoms with van der Waals surface area (Å²) in [5.41, 5.74) is 1.23. The van der Waals surface area contributed by atoms with Crippen LogP contribution in [-0.2, 0) is 23.1 Å². The minimum atomic E-state index is -3.84. The lowest BCUT2D eigenvalue weighted by Gasteiger charge is -2.23. The van der Waals surface area contributed by atoms with E-state index in [0.29, 0.717) is 12.3 Å². The Hall–Kier alpha value is -3.10. The number of benzene rings is 2. The average molecular weight is 469 g/mol. The van der Waals surface area contributed by atoms with E-state index in [-0.39, 0.29) is 34.7 Å². The highest BCUT2D eigenvalue weighted by Gasteiger charge is 2.27. The maximum atomic E-state index is 13.5. The molecular weight excluding hydrogens is 440 g/mol. The number of nitrogens with zero attached hydrogens (tertiary/aromatic N) is 1. The molecule has 174 valence electrons. The van der Waals surface area contributed by atoms with Crippen molar-refractivity contribution in [2.24, 2.45) is 0 Å². The molecule has 1 aliphatic rings. The molecule has 1 amide bonds. The number of hydrogen-bond donors (Lipinski definition) is 1. The Morgan fingerprint density at radius 2 is 1.82 bits per heavy atom. The zero-order chi connectivity index (χ0) is 23.3. The van der Waals surface area contributed by atoms with Gasteiger partial charge in [0.2, 0.25) is 10.0 Å². The molecule has 0 atom stereocenters. The summed E-state index contributed by atoms with van der Waals surface area (Å²) in [7, 11) is -2.42. The monoisotopic (exact) mass is 468 g/mol. The third-order valence-corrected chi connectivity index (χ3v) is 7.35. The summed E-state index contributed by atoms with van der Waals surface area (Å²) in [6, 6.07) is 17.6. The van der Waals surface area contributed by atoms with E-state index in [1.807, 2.05) is 30.3 Å². The second kappa shape index (κ2) is 10.2. The Morgan fingerprint density at radius 1 is 1.06 bits per heavy atom. The normalized spacial score (nSPS) is 14.3. The van der Waals surface area contributed by atoms with E-state index in [9.17, 15) is 13.2 Å². The van der Waals surface area contributed by atoms with Gasteiger partial charge < -0.3 is 14.1 Å². The predicted molar refractivity (Wildman–Crippen MR) is 124 cm³/mol. The molecule has 0 saturated heterocycles. The molecular formula is C25H28N2O5S. The number of furan rings is 1. The zero-order valence-corrected chi connectivity index (χ0v) is 19.4. The smallest absolute Gasteiger partial charge is 0.254 e. The Kier molecular flexibility index (Phi) is 7.15. The SMILES string of the molecule is COc1ccc(C(=O)N(Cc2ccccc2)Cc2ccco2)cc1S(=O)(=O)NC1CCCC1. The van der Waals surface area contributed by atoms with Crippen LogP contribution >= 0.6 is 0 Å². The number of carbonyl (C=O) groups is 1. The molecule has 8 heteroatoms. The first kappa shape index (κ1) is 23.1. The molecule has 1 saturated carbocycles. The number of amides is 1. The number of nitrogens with one attached hydrogen (secondary N) is 1. The van der Waals surface area contributed by atoms with Gasteiger partial charge in [-0.25, -0.2) is 13.1 Å². The van der Waals surface area contributed by atoms with Crippen molar-refractivity contribution in [3.63, 3.8) is 0 Å². The fourth-order valence-corrected chi connectivity index (χ4v) is 5.62.